The lowest BCUT2D eigenvalue weighted by atomic mass is 9.92. The molecule has 3 nitrogen and oxygen atoms in total. The number of benzene rings is 1. The lowest BCUT2D eigenvalue weighted by molar-refractivity contribution is -0.120. The van der Waals surface area contributed by atoms with Gasteiger partial charge in [0.05, 0.1) is 5.69 Å². The fraction of sp³-hybridized carbons (Fsp3) is 0.462. The van der Waals surface area contributed by atoms with Gasteiger partial charge in [0, 0.05) is 18.0 Å². The Kier molecular flexibility index (Phi) is 3.91. The molecular weight excluding hydrogens is 238 g/mol. The lowest BCUT2D eigenvalue weighted by Gasteiger charge is -2.27. The summed E-state index contributed by atoms with van der Waals surface area (Å²) in [6, 6.07) is 3.30. The van der Waals surface area contributed by atoms with Crippen LogP contribution in [0.1, 0.15) is 19.8 Å². The van der Waals surface area contributed by atoms with E-state index in [1.807, 2.05) is 6.92 Å². The summed E-state index contributed by atoms with van der Waals surface area (Å²) in [4.78, 5) is 11.9. The summed E-state index contributed by atoms with van der Waals surface area (Å²) in [5.74, 6) is -1.58. The van der Waals surface area contributed by atoms with Crippen molar-refractivity contribution in [1.82, 2.24) is 5.32 Å². The quantitative estimate of drug-likeness (QED) is 0.850. The third kappa shape index (κ3) is 3.04. The first-order valence-corrected chi connectivity index (χ1v) is 6.05. The lowest BCUT2D eigenvalue weighted by Crippen LogP contribution is -2.40. The average molecular weight is 254 g/mol. The maximum atomic E-state index is 13.4. The number of hydrogen-bond acceptors (Lipinski definition) is 2. The first-order valence-electron chi connectivity index (χ1n) is 6.05. The van der Waals surface area contributed by atoms with Gasteiger partial charge in [0.1, 0.15) is 11.6 Å². The van der Waals surface area contributed by atoms with Gasteiger partial charge >= 0.3 is 0 Å². The number of amides is 1. The van der Waals surface area contributed by atoms with Crippen LogP contribution >= 0.6 is 0 Å². The molecular formula is C13H16F2N2O. The second-order valence-corrected chi connectivity index (χ2v) is 4.69. The minimum atomic E-state index is -0.619. The van der Waals surface area contributed by atoms with Crippen LogP contribution in [0.2, 0.25) is 0 Å². The maximum Gasteiger partial charge on any atom is 0.227 e. The molecule has 0 saturated carbocycles. The standard InChI is InChI=1S/C13H16F2N2O/c1-8-6-9(4-5-16-8)13(18)17-12-7-10(14)2-3-11(12)15/h2-3,7-9,16H,4-6H2,1H3,(H,17,18). The van der Waals surface area contributed by atoms with Gasteiger partial charge in [-0.15, -0.1) is 0 Å². The van der Waals surface area contributed by atoms with Crippen LogP contribution in [0.3, 0.4) is 0 Å². The van der Waals surface area contributed by atoms with Crippen molar-refractivity contribution >= 4 is 11.6 Å². The fourth-order valence-corrected chi connectivity index (χ4v) is 2.20. The van der Waals surface area contributed by atoms with E-state index in [1.165, 1.54) is 0 Å². The van der Waals surface area contributed by atoms with E-state index in [0.717, 1.165) is 24.7 Å². The van der Waals surface area contributed by atoms with Gasteiger partial charge in [0.25, 0.3) is 0 Å². The van der Waals surface area contributed by atoms with Gasteiger partial charge in [0.2, 0.25) is 5.91 Å². The molecule has 2 N–H and O–H groups in total. The maximum absolute atomic E-state index is 13.4. The van der Waals surface area contributed by atoms with Crippen molar-refractivity contribution < 1.29 is 13.6 Å². The van der Waals surface area contributed by atoms with Crippen molar-refractivity contribution in [1.29, 1.82) is 0 Å². The van der Waals surface area contributed by atoms with Gasteiger partial charge in [-0.3, -0.25) is 4.79 Å². The highest BCUT2D eigenvalue weighted by Gasteiger charge is 2.25. The molecule has 0 aromatic heterocycles. The molecule has 1 fully saturated rings. The Morgan fingerprint density at radius 1 is 1.44 bits per heavy atom. The number of piperidine rings is 1. The van der Waals surface area contributed by atoms with Crippen molar-refractivity contribution in [2.24, 2.45) is 5.92 Å². The summed E-state index contributed by atoms with van der Waals surface area (Å²) in [7, 11) is 0. The van der Waals surface area contributed by atoms with Gasteiger partial charge in [0.15, 0.2) is 0 Å². The van der Waals surface area contributed by atoms with Crippen LogP contribution in [0.15, 0.2) is 18.2 Å². The van der Waals surface area contributed by atoms with E-state index in [0.29, 0.717) is 12.8 Å². The van der Waals surface area contributed by atoms with Crippen LogP contribution < -0.4 is 10.6 Å². The van der Waals surface area contributed by atoms with E-state index < -0.39 is 11.6 Å². The highest BCUT2D eigenvalue weighted by Crippen LogP contribution is 2.20. The first kappa shape index (κ1) is 13.0. The van der Waals surface area contributed by atoms with E-state index in [9.17, 15) is 13.6 Å². The minimum Gasteiger partial charge on any atom is -0.323 e. The minimum absolute atomic E-state index is 0.0915. The van der Waals surface area contributed by atoms with Crippen LogP contribution in [0, 0.1) is 17.6 Å². The van der Waals surface area contributed by atoms with E-state index >= 15 is 0 Å². The third-order valence-corrected chi connectivity index (χ3v) is 3.18. The van der Waals surface area contributed by atoms with Crippen molar-refractivity contribution in [3.63, 3.8) is 0 Å². The van der Waals surface area contributed by atoms with E-state index in [-0.39, 0.29) is 23.6 Å². The third-order valence-electron chi connectivity index (χ3n) is 3.18. The molecule has 1 heterocycles. The molecule has 0 aliphatic carbocycles. The zero-order chi connectivity index (χ0) is 13.1. The molecule has 1 aliphatic heterocycles. The molecule has 18 heavy (non-hydrogen) atoms. The highest BCUT2D eigenvalue weighted by molar-refractivity contribution is 5.92. The Hall–Kier alpha value is -1.49. The Labute approximate surface area is 105 Å². The predicted molar refractivity (Wildman–Crippen MR) is 65.2 cm³/mol. The van der Waals surface area contributed by atoms with Crippen LogP contribution in [0.4, 0.5) is 14.5 Å². The molecule has 2 atom stereocenters. The van der Waals surface area contributed by atoms with E-state index in [4.69, 9.17) is 0 Å². The van der Waals surface area contributed by atoms with E-state index in [1.54, 1.807) is 0 Å². The van der Waals surface area contributed by atoms with Crippen molar-refractivity contribution in [2.45, 2.75) is 25.8 Å². The van der Waals surface area contributed by atoms with Gasteiger partial charge in [-0.2, -0.15) is 0 Å². The van der Waals surface area contributed by atoms with Crippen LogP contribution in [-0.2, 0) is 4.79 Å². The van der Waals surface area contributed by atoms with E-state index in [2.05, 4.69) is 10.6 Å². The second kappa shape index (κ2) is 5.44. The zero-order valence-electron chi connectivity index (χ0n) is 10.2. The Morgan fingerprint density at radius 3 is 2.94 bits per heavy atom. The normalized spacial score (nSPS) is 23.7. The number of anilines is 1. The highest BCUT2D eigenvalue weighted by atomic mass is 19.1. The second-order valence-electron chi connectivity index (χ2n) is 4.69. The van der Waals surface area contributed by atoms with Gasteiger partial charge in [-0.1, -0.05) is 0 Å². The molecule has 2 rings (SSSR count). The van der Waals surface area contributed by atoms with Gasteiger partial charge < -0.3 is 10.6 Å². The van der Waals surface area contributed by atoms with Crippen molar-refractivity contribution in [3.8, 4) is 0 Å². The van der Waals surface area contributed by atoms with Gasteiger partial charge in [-0.05, 0) is 38.4 Å². The largest absolute Gasteiger partial charge is 0.323 e. The predicted octanol–water partition coefficient (Wildman–Crippen LogP) is 2.29. The molecule has 0 bridgehead atoms. The molecule has 1 aromatic carbocycles. The number of nitrogens with one attached hydrogen (secondary N) is 2. The fourth-order valence-electron chi connectivity index (χ4n) is 2.20. The summed E-state index contributed by atoms with van der Waals surface area (Å²) < 4.78 is 26.4. The Morgan fingerprint density at radius 2 is 2.22 bits per heavy atom. The number of halogens is 2. The van der Waals surface area contributed by atoms with Crippen LogP contribution in [0.5, 0.6) is 0 Å². The Bertz CT molecular complexity index is 451. The molecule has 0 spiro atoms. The smallest absolute Gasteiger partial charge is 0.227 e. The topological polar surface area (TPSA) is 41.1 Å². The molecule has 1 aromatic rings. The summed E-state index contributed by atoms with van der Waals surface area (Å²) >= 11 is 0. The number of hydrogen-bond donors (Lipinski definition) is 2. The summed E-state index contributed by atoms with van der Waals surface area (Å²) in [5, 5.41) is 5.70. The molecule has 1 aliphatic rings. The number of carbonyl (C=O) groups excluding carboxylic acids is 1. The monoisotopic (exact) mass is 254 g/mol. The summed E-state index contributed by atoms with van der Waals surface area (Å²) in [6.45, 7) is 2.77. The van der Waals surface area contributed by atoms with Crippen molar-refractivity contribution in [3.05, 3.63) is 29.8 Å². The van der Waals surface area contributed by atoms with Crippen molar-refractivity contribution in [2.75, 3.05) is 11.9 Å². The molecule has 1 saturated heterocycles. The molecule has 98 valence electrons. The number of carbonyl (C=O) groups is 1. The summed E-state index contributed by atoms with van der Waals surface area (Å²) in [6.07, 6.45) is 1.43. The SMILES string of the molecule is CC1CC(C(=O)Nc2cc(F)ccc2F)CCN1. The van der Waals surface area contributed by atoms with Crippen LogP contribution in [-0.4, -0.2) is 18.5 Å². The first-order chi connectivity index (χ1) is 8.56. The van der Waals surface area contributed by atoms with Crippen LogP contribution in [0.25, 0.3) is 0 Å². The molecule has 0 radical (unpaired) electrons. The molecule has 1 amide bonds. The zero-order valence-corrected chi connectivity index (χ0v) is 10.2. The Balaban J connectivity index is 2.04. The summed E-state index contributed by atoms with van der Waals surface area (Å²) in [5.41, 5.74) is -0.0915. The number of rotatable bonds is 2. The average Bonchev–Trinajstić information content (AvgIpc) is 2.34. The molecule has 5 heteroatoms. The van der Waals surface area contributed by atoms with Gasteiger partial charge in [-0.25, -0.2) is 8.78 Å². The molecule has 2 unspecified atom stereocenters.